The van der Waals surface area contributed by atoms with Crippen LogP contribution in [0.15, 0.2) is 48.5 Å². The summed E-state index contributed by atoms with van der Waals surface area (Å²) in [4.78, 5) is 25.4. The van der Waals surface area contributed by atoms with Crippen molar-refractivity contribution in [3.8, 4) is 16.9 Å². The maximum atomic E-state index is 13.8. The average molecular weight is 403 g/mol. The molecule has 0 unspecified atom stereocenters. The molecular weight excluding hydrogens is 390 g/mol. The maximum absolute atomic E-state index is 13.8. The molecule has 0 spiro atoms. The van der Waals surface area contributed by atoms with Crippen LogP contribution in [0.25, 0.3) is 16.9 Å². The molecule has 1 N–H and O–H groups in total. The Morgan fingerprint density at radius 3 is 2.50 bits per heavy atom. The Balaban J connectivity index is 1.84. The Bertz CT molecular complexity index is 1080. The Labute approximate surface area is 163 Å². The first-order chi connectivity index (χ1) is 13.4. The molecular formula is C19H13ClF2N4O2. The smallest absolute Gasteiger partial charge is 0.276 e. The predicted molar refractivity (Wildman–Crippen MR) is 98.0 cm³/mol. The molecule has 1 fully saturated rings. The number of amides is 2. The van der Waals surface area contributed by atoms with Crippen LogP contribution >= 0.6 is 11.6 Å². The van der Waals surface area contributed by atoms with Crippen LogP contribution in [0.1, 0.15) is 10.5 Å². The quantitative estimate of drug-likeness (QED) is 0.732. The average Bonchev–Trinajstić information content (AvgIpc) is 3.27. The predicted octanol–water partition coefficient (Wildman–Crippen LogP) is 3.00. The van der Waals surface area contributed by atoms with Crippen molar-refractivity contribution in [1.82, 2.24) is 20.0 Å². The van der Waals surface area contributed by atoms with Gasteiger partial charge in [0.2, 0.25) is 5.91 Å². The fraction of sp³-hybridized carbons (Fsp3) is 0.105. The molecule has 0 aliphatic carbocycles. The lowest BCUT2D eigenvalue weighted by Gasteiger charge is -2.10. The minimum Gasteiger partial charge on any atom is -0.337 e. The SMILES string of the molecule is O=C1CN(C(=O)c2cc(-c3cc(F)cc(F)c3)n(-c3cccc(Cl)c3)n2)CN1. The summed E-state index contributed by atoms with van der Waals surface area (Å²) < 4.78 is 28.9. The molecule has 1 aliphatic heterocycles. The molecule has 0 saturated carbocycles. The van der Waals surface area contributed by atoms with E-state index in [-0.39, 0.29) is 30.4 Å². The van der Waals surface area contributed by atoms with E-state index in [1.807, 2.05) is 0 Å². The van der Waals surface area contributed by atoms with E-state index in [0.29, 0.717) is 16.4 Å². The van der Waals surface area contributed by atoms with Crippen molar-refractivity contribution in [2.24, 2.45) is 0 Å². The molecule has 2 amide bonds. The third-order valence-corrected chi connectivity index (χ3v) is 4.46. The Kier molecular flexibility index (Phi) is 4.56. The van der Waals surface area contributed by atoms with Crippen LogP contribution in [0.5, 0.6) is 0 Å². The summed E-state index contributed by atoms with van der Waals surface area (Å²) in [5.74, 6) is -2.25. The number of hydrogen-bond donors (Lipinski definition) is 1. The van der Waals surface area contributed by atoms with Gasteiger partial charge in [-0.3, -0.25) is 9.59 Å². The molecule has 1 aromatic heterocycles. The number of carbonyl (C=O) groups is 2. The van der Waals surface area contributed by atoms with Crippen LogP contribution in [0, 0.1) is 11.6 Å². The minimum absolute atomic E-state index is 0.0381. The standard InChI is InChI=1S/C19H13ClF2N4O2/c20-12-2-1-3-15(6-12)26-17(11-4-13(21)7-14(22)5-11)8-16(24-26)19(28)25-9-18(27)23-10-25/h1-8H,9-10H2,(H,23,27). The normalized spacial score (nSPS) is 13.7. The van der Waals surface area contributed by atoms with Gasteiger partial charge in [-0.15, -0.1) is 0 Å². The van der Waals surface area contributed by atoms with E-state index in [1.165, 1.54) is 15.6 Å². The number of nitrogens with one attached hydrogen (secondary N) is 1. The number of nitrogens with zero attached hydrogens (tertiary/aromatic N) is 3. The first-order valence-corrected chi connectivity index (χ1v) is 8.67. The van der Waals surface area contributed by atoms with Crippen molar-refractivity contribution < 1.29 is 18.4 Å². The van der Waals surface area contributed by atoms with Gasteiger partial charge in [0.05, 0.1) is 18.1 Å². The van der Waals surface area contributed by atoms with E-state index in [4.69, 9.17) is 11.6 Å². The highest BCUT2D eigenvalue weighted by Crippen LogP contribution is 2.27. The zero-order chi connectivity index (χ0) is 19.8. The fourth-order valence-electron chi connectivity index (χ4n) is 2.97. The van der Waals surface area contributed by atoms with Gasteiger partial charge in [0.25, 0.3) is 5.91 Å². The zero-order valence-corrected chi connectivity index (χ0v) is 15.1. The molecule has 6 nitrogen and oxygen atoms in total. The van der Waals surface area contributed by atoms with E-state index >= 15 is 0 Å². The second kappa shape index (κ2) is 7.05. The highest BCUT2D eigenvalue weighted by molar-refractivity contribution is 6.30. The van der Waals surface area contributed by atoms with E-state index in [0.717, 1.165) is 18.2 Å². The summed E-state index contributed by atoms with van der Waals surface area (Å²) in [5.41, 5.74) is 1.07. The third-order valence-electron chi connectivity index (χ3n) is 4.23. The van der Waals surface area contributed by atoms with Gasteiger partial charge in [-0.05, 0) is 36.4 Å². The van der Waals surface area contributed by atoms with Crippen LogP contribution in [-0.2, 0) is 4.79 Å². The second-order valence-electron chi connectivity index (χ2n) is 6.23. The topological polar surface area (TPSA) is 67.2 Å². The first-order valence-electron chi connectivity index (χ1n) is 8.29. The van der Waals surface area contributed by atoms with Crippen LogP contribution < -0.4 is 5.32 Å². The number of hydrogen-bond acceptors (Lipinski definition) is 3. The molecule has 1 saturated heterocycles. The first kappa shape index (κ1) is 18.1. The highest BCUT2D eigenvalue weighted by atomic mass is 35.5. The minimum atomic E-state index is -0.754. The lowest BCUT2D eigenvalue weighted by atomic mass is 10.1. The fourth-order valence-corrected chi connectivity index (χ4v) is 3.16. The summed E-state index contributed by atoms with van der Waals surface area (Å²) in [6.45, 7) is -0.00158. The van der Waals surface area contributed by atoms with Crippen molar-refractivity contribution in [2.75, 3.05) is 13.2 Å². The van der Waals surface area contributed by atoms with Gasteiger partial charge in [0.15, 0.2) is 5.69 Å². The summed E-state index contributed by atoms with van der Waals surface area (Å²) in [7, 11) is 0. The number of halogens is 3. The van der Waals surface area contributed by atoms with Crippen LogP contribution in [-0.4, -0.2) is 39.7 Å². The summed E-state index contributed by atoms with van der Waals surface area (Å²) in [6.07, 6.45) is 0. The molecule has 0 radical (unpaired) electrons. The monoisotopic (exact) mass is 402 g/mol. The summed E-state index contributed by atoms with van der Waals surface area (Å²) in [5, 5.41) is 7.29. The van der Waals surface area contributed by atoms with Crippen molar-refractivity contribution in [2.45, 2.75) is 0 Å². The Hall–Kier alpha value is -3.26. The van der Waals surface area contributed by atoms with Gasteiger partial charge in [0.1, 0.15) is 18.2 Å². The molecule has 2 aromatic carbocycles. The number of rotatable bonds is 3. The number of aromatic nitrogens is 2. The Morgan fingerprint density at radius 2 is 1.86 bits per heavy atom. The van der Waals surface area contributed by atoms with Crippen molar-refractivity contribution in [3.63, 3.8) is 0 Å². The van der Waals surface area contributed by atoms with Crippen LogP contribution in [0.4, 0.5) is 8.78 Å². The van der Waals surface area contributed by atoms with Gasteiger partial charge in [-0.1, -0.05) is 17.7 Å². The largest absolute Gasteiger partial charge is 0.337 e. The second-order valence-corrected chi connectivity index (χ2v) is 6.66. The Morgan fingerprint density at radius 1 is 1.11 bits per heavy atom. The van der Waals surface area contributed by atoms with Crippen molar-refractivity contribution in [3.05, 3.63) is 70.9 Å². The van der Waals surface area contributed by atoms with E-state index < -0.39 is 17.5 Å². The lowest BCUT2D eigenvalue weighted by Crippen LogP contribution is -2.30. The van der Waals surface area contributed by atoms with E-state index in [1.54, 1.807) is 24.3 Å². The molecule has 0 atom stereocenters. The summed E-state index contributed by atoms with van der Waals surface area (Å²) >= 11 is 6.05. The molecule has 142 valence electrons. The molecule has 4 rings (SSSR count). The van der Waals surface area contributed by atoms with E-state index in [9.17, 15) is 18.4 Å². The molecule has 9 heteroatoms. The van der Waals surface area contributed by atoms with E-state index in [2.05, 4.69) is 10.4 Å². The van der Waals surface area contributed by atoms with Gasteiger partial charge < -0.3 is 10.2 Å². The molecule has 3 aromatic rings. The van der Waals surface area contributed by atoms with Crippen LogP contribution in [0.2, 0.25) is 5.02 Å². The maximum Gasteiger partial charge on any atom is 0.276 e. The molecule has 28 heavy (non-hydrogen) atoms. The van der Waals surface area contributed by atoms with Gasteiger partial charge in [-0.25, -0.2) is 13.5 Å². The molecule has 2 heterocycles. The third kappa shape index (κ3) is 3.46. The van der Waals surface area contributed by atoms with Crippen LogP contribution in [0.3, 0.4) is 0 Å². The number of carbonyl (C=O) groups excluding carboxylic acids is 2. The van der Waals surface area contributed by atoms with Gasteiger partial charge in [-0.2, -0.15) is 5.10 Å². The van der Waals surface area contributed by atoms with Crippen molar-refractivity contribution >= 4 is 23.4 Å². The lowest BCUT2D eigenvalue weighted by molar-refractivity contribution is -0.118. The molecule has 1 aliphatic rings. The van der Waals surface area contributed by atoms with Gasteiger partial charge >= 0.3 is 0 Å². The van der Waals surface area contributed by atoms with Gasteiger partial charge in [0, 0.05) is 16.7 Å². The number of benzene rings is 2. The zero-order valence-electron chi connectivity index (χ0n) is 14.3. The molecule has 0 bridgehead atoms. The van der Waals surface area contributed by atoms with Crippen molar-refractivity contribution in [1.29, 1.82) is 0 Å². The highest BCUT2D eigenvalue weighted by Gasteiger charge is 2.27. The summed E-state index contributed by atoms with van der Waals surface area (Å²) in [6, 6.07) is 11.2.